The van der Waals surface area contributed by atoms with E-state index >= 15 is 0 Å². The van der Waals surface area contributed by atoms with Gasteiger partial charge in [0.1, 0.15) is 0 Å². The first-order valence-corrected chi connectivity index (χ1v) is 7.24. The third-order valence-electron chi connectivity index (χ3n) is 3.09. The maximum atomic E-state index is 5.56. The van der Waals surface area contributed by atoms with Gasteiger partial charge < -0.3 is 9.73 Å². The Morgan fingerprint density at radius 2 is 2.26 bits per heavy atom. The van der Waals surface area contributed by atoms with Gasteiger partial charge in [-0.3, -0.25) is 0 Å². The first kappa shape index (κ1) is 12.4. The first-order chi connectivity index (χ1) is 9.33. The normalized spacial score (nSPS) is 15.4. The van der Waals surface area contributed by atoms with Gasteiger partial charge in [-0.2, -0.15) is 0 Å². The van der Waals surface area contributed by atoms with E-state index in [0.717, 1.165) is 36.2 Å². The second kappa shape index (κ2) is 5.55. The molecular weight excluding hydrogens is 266 g/mol. The molecule has 1 aliphatic rings. The van der Waals surface area contributed by atoms with Crippen molar-refractivity contribution in [3.05, 3.63) is 5.89 Å². The van der Waals surface area contributed by atoms with E-state index in [2.05, 4.69) is 31.0 Å². The van der Waals surface area contributed by atoms with Gasteiger partial charge in [-0.25, -0.2) is 4.68 Å². The maximum absolute atomic E-state index is 5.56. The quantitative estimate of drug-likeness (QED) is 0.620. The van der Waals surface area contributed by atoms with Gasteiger partial charge in [0.15, 0.2) is 0 Å². The number of nitrogens with one attached hydrogen (secondary N) is 1. The number of rotatable bonds is 6. The predicted octanol–water partition coefficient (Wildman–Crippen LogP) is 1.06. The minimum Gasteiger partial charge on any atom is -0.408 e. The Labute approximate surface area is 114 Å². The summed E-state index contributed by atoms with van der Waals surface area (Å²) < 4.78 is 7.21. The van der Waals surface area contributed by atoms with Crippen molar-refractivity contribution >= 4 is 17.8 Å². The SMILES string of the molecule is Cn1nnnc1SCCNc1nnc(C2CCC2)o1. The summed E-state index contributed by atoms with van der Waals surface area (Å²) in [5, 5.41) is 23.2. The van der Waals surface area contributed by atoms with Crippen LogP contribution in [-0.4, -0.2) is 42.7 Å². The number of tetrazole rings is 1. The van der Waals surface area contributed by atoms with Crippen molar-refractivity contribution in [2.75, 3.05) is 17.6 Å². The molecule has 1 fully saturated rings. The van der Waals surface area contributed by atoms with Gasteiger partial charge in [0.25, 0.3) is 0 Å². The van der Waals surface area contributed by atoms with E-state index < -0.39 is 0 Å². The van der Waals surface area contributed by atoms with Gasteiger partial charge in [0.05, 0.1) is 0 Å². The summed E-state index contributed by atoms with van der Waals surface area (Å²) in [6.07, 6.45) is 3.59. The van der Waals surface area contributed by atoms with Crippen molar-refractivity contribution in [2.45, 2.75) is 30.3 Å². The molecule has 0 unspecified atom stereocenters. The fourth-order valence-corrected chi connectivity index (χ4v) is 2.47. The highest BCUT2D eigenvalue weighted by atomic mass is 32.2. The lowest BCUT2D eigenvalue weighted by Crippen LogP contribution is -2.08. The summed E-state index contributed by atoms with van der Waals surface area (Å²) >= 11 is 1.58. The summed E-state index contributed by atoms with van der Waals surface area (Å²) in [6.45, 7) is 0.726. The number of hydrogen-bond acceptors (Lipinski definition) is 8. The van der Waals surface area contributed by atoms with E-state index in [-0.39, 0.29) is 0 Å². The summed E-state index contributed by atoms with van der Waals surface area (Å²) in [7, 11) is 1.82. The summed E-state index contributed by atoms with van der Waals surface area (Å²) in [6, 6.07) is 0.499. The molecule has 2 heterocycles. The lowest BCUT2D eigenvalue weighted by Gasteiger charge is -2.20. The molecule has 1 saturated carbocycles. The van der Waals surface area contributed by atoms with Crippen LogP contribution in [0.1, 0.15) is 31.1 Å². The smallest absolute Gasteiger partial charge is 0.315 e. The minimum atomic E-state index is 0.474. The van der Waals surface area contributed by atoms with Crippen LogP contribution in [0.3, 0.4) is 0 Å². The fourth-order valence-electron chi connectivity index (χ4n) is 1.77. The number of hydrogen-bond donors (Lipinski definition) is 1. The van der Waals surface area contributed by atoms with Crippen LogP contribution in [0.2, 0.25) is 0 Å². The Kier molecular flexibility index (Phi) is 3.62. The van der Waals surface area contributed by atoms with Crippen LogP contribution in [0.25, 0.3) is 0 Å². The molecule has 0 aromatic carbocycles. The zero-order chi connectivity index (χ0) is 13.1. The molecular formula is C10H15N7OS. The molecule has 0 radical (unpaired) electrons. The highest BCUT2D eigenvalue weighted by Gasteiger charge is 2.24. The van der Waals surface area contributed by atoms with Crippen LogP contribution in [0, 0.1) is 0 Å². The Bertz CT molecular complexity index is 535. The van der Waals surface area contributed by atoms with Crippen LogP contribution < -0.4 is 5.32 Å². The Hall–Kier alpha value is -1.64. The molecule has 0 spiro atoms. The predicted molar refractivity (Wildman–Crippen MR) is 68.9 cm³/mol. The average molecular weight is 281 g/mol. The fraction of sp³-hybridized carbons (Fsp3) is 0.700. The number of aromatic nitrogens is 6. The van der Waals surface area contributed by atoms with Crippen LogP contribution in [-0.2, 0) is 7.05 Å². The molecule has 0 saturated heterocycles. The molecule has 19 heavy (non-hydrogen) atoms. The first-order valence-electron chi connectivity index (χ1n) is 6.25. The highest BCUT2D eigenvalue weighted by Crippen LogP contribution is 2.35. The number of nitrogens with zero attached hydrogens (tertiary/aromatic N) is 6. The molecule has 0 amide bonds. The minimum absolute atomic E-state index is 0.474. The van der Waals surface area contributed by atoms with Crippen LogP contribution in [0.5, 0.6) is 0 Å². The standard InChI is InChI=1S/C10H15N7OS/c1-17-10(14-15-16-17)19-6-5-11-9-13-12-8(18-9)7-3-2-4-7/h7H,2-6H2,1H3,(H,11,13). The van der Waals surface area contributed by atoms with E-state index in [1.54, 1.807) is 16.4 Å². The van der Waals surface area contributed by atoms with Crippen molar-refractivity contribution in [2.24, 2.45) is 7.05 Å². The Morgan fingerprint density at radius 3 is 2.95 bits per heavy atom. The van der Waals surface area contributed by atoms with Crippen molar-refractivity contribution in [1.82, 2.24) is 30.4 Å². The van der Waals surface area contributed by atoms with Crippen molar-refractivity contribution < 1.29 is 4.42 Å². The van der Waals surface area contributed by atoms with E-state index in [9.17, 15) is 0 Å². The lowest BCUT2D eigenvalue weighted by atomic mass is 9.85. The molecule has 102 valence electrons. The molecule has 1 N–H and O–H groups in total. The van der Waals surface area contributed by atoms with Crippen molar-refractivity contribution in [3.8, 4) is 0 Å². The van der Waals surface area contributed by atoms with E-state index in [1.807, 2.05) is 7.05 Å². The molecule has 2 aromatic heterocycles. The van der Waals surface area contributed by atoms with Gasteiger partial charge >= 0.3 is 6.01 Å². The molecule has 0 atom stereocenters. The maximum Gasteiger partial charge on any atom is 0.315 e. The second-order valence-corrected chi connectivity index (χ2v) is 5.50. The zero-order valence-electron chi connectivity index (χ0n) is 10.6. The van der Waals surface area contributed by atoms with E-state index in [0.29, 0.717) is 11.9 Å². The Morgan fingerprint density at radius 1 is 1.37 bits per heavy atom. The number of thioether (sulfide) groups is 1. The molecule has 8 nitrogen and oxygen atoms in total. The van der Waals surface area contributed by atoms with Gasteiger partial charge in [-0.05, 0) is 23.3 Å². The van der Waals surface area contributed by atoms with Gasteiger partial charge in [0, 0.05) is 25.3 Å². The molecule has 2 aromatic rings. The summed E-state index contributed by atoms with van der Waals surface area (Å²) in [4.78, 5) is 0. The van der Waals surface area contributed by atoms with Crippen molar-refractivity contribution in [1.29, 1.82) is 0 Å². The third kappa shape index (κ3) is 2.86. The van der Waals surface area contributed by atoms with Crippen LogP contribution >= 0.6 is 11.8 Å². The van der Waals surface area contributed by atoms with E-state index in [1.165, 1.54) is 6.42 Å². The van der Waals surface area contributed by atoms with Crippen molar-refractivity contribution in [3.63, 3.8) is 0 Å². The van der Waals surface area contributed by atoms with Crippen LogP contribution in [0.15, 0.2) is 9.57 Å². The third-order valence-corrected chi connectivity index (χ3v) is 4.10. The van der Waals surface area contributed by atoms with Gasteiger partial charge in [-0.15, -0.1) is 10.2 Å². The molecule has 0 bridgehead atoms. The zero-order valence-corrected chi connectivity index (χ0v) is 11.4. The molecule has 0 aliphatic heterocycles. The molecule has 3 rings (SSSR count). The molecule has 1 aliphatic carbocycles. The number of anilines is 1. The number of aryl methyl sites for hydroxylation is 1. The van der Waals surface area contributed by atoms with Crippen LogP contribution in [0.4, 0.5) is 6.01 Å². The highest BCUT2D eigenvalue weighted by molar-refractivity contribution is 7.99. The monoisotopic (exact) mass is 281 g/mol. The lowest BCUT2D eigenvalue weighted by molar-refractivity contribution is 0.338. The summed E-state index contributed by atoms with van der Waals surface area (Å²) in [5.41, 5.74) is 0. The van der Waals surface area contributed by atoms with E-state index in [4.69, 9.17) is 4.42 Å². The molecule has 9 heteroatoms. The Balaban J connectivity index is 1.42. The van der Waals surface area contributed by atoms with Gasteiger partial charge in [-0.1, -0.05) is 23.3 Å². The topological polar surface area (TPSA) is 94.6 Å². The largest absolute Gasteiger partial charge is 0.408 e. The summed E-state index contributed by atoms with van der Waals surface area (Å²) in [5.74, 6) is 2.07. The second-order valence-electron chi connectivity index (χ2n) is 4.43. The average Bonchev–Trinajstić information content (AvgIpc) is 2.93. The van der Waals surface area contributed by atoms with Gasteiger partial charge in [0.2, 0.25) is 11.0 Å².